The van der Waals surface area contributed by atoms with Gasteiger partial charge >= 0.3 is 11.9 Å². The first kappa shape index (κ1) is 19.2. The summed E-state index contributed by atoms with van der Waals surface area (Å²) in [6.07, 6.45) is 3.70. The van der Waals surface area contributed by atoms with Crippen LogP contribution in [0.4, 0.5) is 0 Å². The van der Waals surface area contributed by atoms with Crippen molar-refractivity contribution in [1.29, 1.82) is 0 Å². The van der Waals surface area contributed by atoms with Crippen molar-refractivity contribution in [2.75, 3.05) is 26.3 Å². The summed E-state index contributed by atoms with van der Waals surface area (Å²) in [7, 11) is 0. The Morgan fingerprint density at radius 1 is 0.833 bits per heavy atom. The van der Waals surface area contributed by atoms with E-state index in [0.29, 0.717) is 25.3 Å². The molecule has 0 radical (unpaired) electrons. The van der Waals surface area contributed by atoms with Crippen LogP contribution in [0.15, 0.2) is 0 Å². The molecule has 2 saturated heterocycles. The predicted molar refractivity (Wildman–Crippen MR) is 91.6 cm³/mol. The normalized spacial score (nSPS) is 30.3. The molecule has 0 aromatic rings. The van der Waals surface area contributed by atoms with E-state index in [-0.39, 0.29) is 24.0 Å². The molecule has 0 aromatic heterocycles. The van der Waals surface area contributed by atoms with Crippen molar-refractivity contribution >= 4 is 11.9 Å². The Balaban J connectivity index is 1.40. The molecule has 6 nitrogen and oxygen atoms in total. The second-order valence-electron chi connectivity index (χ2n) is 7.19. The lowest BCUT2D eigenvalue weighted by atomic mass is 10.2. The molecule has 2 rings (SSSR count). The Bertz CT molecular complexity index is 403. The minimum absolute atomic E-state index is 0.119. The van der Waals surface area contributed by atoms with Crippen LogP contribution in [0.5, 0.6) is 0 Å². The number of ether oxygens (including phenoxy) is 2. The summed E-state index contributed by atoms with van der Waals surface area (Å²) in [4.78, 5) is 27.8. The van der Waals surface area contributed by atoms with E-state index in [1.54, 1.807) is 0 Å². The van der Waals surface area contributed by atoms with Gasteiger partial charge in [-0.05, 0) is 53.4 Å². The van der Waals surface area contributed by atoms with E-state index in [2.05, 4.69) is 23.6 Å². The fourth-order valence-electron chi connectivity index (χ4n) is 3.01. The summed E-state index contributed by atoms with van der Waals surface area (Å²) in [6.45, 7) is 11.0. The van der Waals surface area contributed by atoms with Crippen molar-refractivity contribution in [2.45, 2.75) is 77.5 Å². The standard InChI is InChI=1S/C18H32N2O4/c1-13-11-19(13)15(3)17(21)23-9-7-5-6-8-10-24-18(22)16(4)20-12-14(20)2/h13-16H,5-12H2,1-4H3. The van der Waals surface area contributed by atoms with Crippen molar-refractivity contribution in [3.63, 3.8) is 0 Å². The number of nitrogens with zero attached hydrogens (tertiary/aromatic N) is 2. The second-order valence-corrected chi connectivity index (χ2v) is 7.19. The Labute approximate surface area is 145 Å². The zero-order valence-electron chi connectivity index (χ0n) is 15.5. The Kier molecular flexibility index (Phi) is 7.04. The van der Waals surface area contributed by atoms with Crippen LogP contribution in [0.2, 0.25) is 0 Å². The molecule has 24 heavy (non-hydrogen) atoms. The van der Waals surface area contributed by atoms with E-state index in [9.17, 15) is 9.59 Å². The summed E-state index contributed by atoms with van der Waals surface area (Å²) < 4.78 is 10.6. The highest BCUT2D eigenvalue weighted by Gasteiger charge is 2.38. The topological polar surface area (TPSA) is 58.6 Å². The third kappa shape index (κ3) is 5.74. The summed E-state index contributed by atoms with van der Waals surface area (Å²) in [6, 6.07) is 0.786. The highest BCUT2D eigenvalue weighted by molar-refractivity contribution is 5.76. The van der Waals surface area contributed by atoms with Gasteiger partial charge in [0.25, 0.3) is 0 Å². The van der Waals surface area contributed by atoms with Crippen LogP contribution in [0.3, 0.4) is 0 Å². The molecule has 0 bridgehead atoms. The van der Waals surface area contributed by atoms with Gasteiger partial charge in [-0.2, -0.15) is 0 Å². The fourth-order valence-corrected chi connectivity index (χ4v) is 3.01. The van der Waals surface area contributed by atoms with Gasteiger partial charge in [0.05, 0.1) is 13.2 Å². The molecule has 2 heterocycles. The maximum atomic E-state index is 11.8. The van der Waals surface area contributed by atoms with Gasteiger partial charge in [0.15, 0.2) is 0 Å². The highest BCUT2D eigenvalue weighted by atomic mass is 16.5. The Morgan fingerprint density at radius 3 is 1.46 bits per heavy atom. The van der Waals surface area contributed by atoms with E-state index in [1.807, 2.05) is 13.8 Å². The van der Waals surface area contributed by atoms with Crippen molar-refractivity contribution in [3.8, 4) is 0 Å². The summed E-state index contributed by atoms with van der Waals surface area (Å²) >= 11 is 0. The zero-order chi connectivity index (χ0) is 17.7. The molecule has 0 spiro atoms. The zero-order valence-corrected chi connectivity index (χ0v) is 15.5. The van der Waals surface area contributed by atoms with Crippen LogP contribution in [-0.4, -0.2) is 72.2 Å². The maximum absolute atomic E-state index is 11.8. The number of rotatable bonds is 11. The molecular weight excluding hydrogens is 308 g/mol. The number of unbranched alkanes of at least 4 members (excludes halogenated alkanes) is 3. The van der Waals surface area contributed by atoms with Crippen LogP contribution in [0, 0.1) is 0 Å². The Hall–Kier alpha value is -1.14. The predicted octanol–water partition coefficient (Wildman–Crippen LogP) is 1.82. The number of carbonyl (C=O) groups is 2. The molecule has 2 fully saturated rings. The quantitative estimate of drug-likeness (QED) is 0.325. The average Bonchev–Trinajstić information content (AvgIpc) is 3.46. The SMILES string of the molecule is CC1CN1C(C)C(=O)OCCCCCCOC(=O)C(C)N1CC1C. The van der Waals surface area contributed by atoms with E-state index >= 15 is 0 Å². The van der Waals surface area contributed by atoms with Gasteiger partial charge in [0, 0.05) is 25.2 Å². The molecule has 2 aliphatic heterocycles. The van der Waals surface area contributed by atoms with Crippen LogP contribution >= 0.6 is 0 Å². The number of hydrogen-bond donors (Lipinski definition) is 0. The summed E-state index contributed by atoms with van der Waals surface area (Å²) in [5.74, 6) is -0.238. The first-order chi connectivity index (χ1) is 11.4. The second kappa shape index (κ2) is 8.81. The van der Waals surface area contributed by atoms with E-state index < -0.39 is 0 Å². The van der Waals surface area contributed by atoms with Crippen LogP contribution < -0.4 is 0 Å². The molecule has 138 valence electrons. The van der Waals surface area contributed by atoms with Crippen molar-refractivity contribution < 1.29 is 19.1 Å². The van der Waals surface area contributed by atoms with Crippen molar-refractivity contribution in [2.24, 2.45) is 0 Å². The van der Waals surface area contributed by atoms with Gasteiger partial charge in [-0.3, -0.25) is 19.4 Å². The molecule has 2 aliphatic rings. The lowest BCUT2D eigenvalue weighted by molar-refractivity contribution is -0.148. The van der Waals surface area contributed by atoms with Crippen molar-refractivity contribution in [1.82, 2.24) is 9.80 Å². The van der Waals surface area contributed by atoms with Gasteiger partial charge in [-0.1, -0.05) is 0 Å². The van der Waals surface area contributed by atoms with Crippen molar-refractivity contribution in [3.05, 3.63) is 0 Å². The van der Waals surface area contributed by atoms with Crippen LogP contribution in [-0.2, 0) is 19.1 Å². The van der Waals surface area contributed by atoms with E-state index in [0.717, 1.165) is 38.8 Å². The molecule has 0 aliphatic carbocycles. The molecular formula is C18H32N2O4. The molecule has 6 atom stereocenters. The number of hydrogen-bond acceptors (Lipinski definition) is 6. The Morgan fingerprint density at radius 2 is 1.17 bits per heavy atom. The smallest absolute Gasteiger partial charge is 0.323 e. The maximum Gasteiger partial charge on any atom is 0.323 e. The van der Waals surface area contributed by atoms with Gasteiger partial charge in [0.1, 0.15) is 12.1 Å². The third-order valence-corrected chi connectivity index (χ3v) is 5.02. The molecule has 0 saturated carbocycles. The molecule has 6 unspecified atom stereocenters. The van der Waals surface area contributed by atoms with Gasteiger partial charge in [-0.25, -0.2) is 0 Å². The average molecular weight is 340 g/mol. The van der Waals surface area contributed by atoms with Crippen LogP contribution in [0.25, 0.3) is 0 Å². The third-order valence-electron chi connectivity index (χ3n) is 5.02. The van der Waals surface area contributed by atoms with Gasteiger partial charge < -0.3 is 9.47 Å². The molecule has 6 heteroatoms. The number of carbonyl (C=O) groups excluding carboxylic acids is 2. The van der Waals surface area contributed by atoms with E-state index in [1.165, 1.54) is 0 Å². The highest BCUT2D eigenvalue weighted by Crippen LogP contribution is 2.21. The minimum Gasteiger partial charge on any atom is -0.465 e. The van der Waals surface area contributed by atoms with Gasteiger partial charge in [0.2, 0.25) is 0 Å². The molecule has 0 N–H and O–H groups in total. The van der Waals surface area contributed by atoms with Gasteiger partial charge in [-0.15, -0.1) is 0 Å². The lowest BCUT2D eigenvalue weighted by Gasteiger charge is -2.13. The lowest BCUT2D eigenvalue weighted by Crippen LogP contribution is -2.29. The first-order valence-electron chi connectivity index (χ1n) is 9.26. The van der Waals surface area contributed by atoms with E-state index in [4.69, 9.17) is 9.47 Å². The molecule has 0 aromatic carbocycles. The summed E-state index contributed by atoms with van der Waals surface area (Å²) in [5, 5.41) is 0. The largest absolute Gasteiger partial charge is 0.465 e. The monoisotopic (exact) mass is 340 g/mol. The molecule has 0 amide bonds. The first-order valence-corrected chi connectivity index (χ1v) is 9.26. The fraction of sp³-hybridized carbons (Fsp3) is 0.889. The minimum atomic E-state index is -0.119. The summed E-state index contributed by atoms with van der Waals surface area (Å²) in [5.41, 5.74) is 0. The van der Waals surface area contributed by atoms with Crippen LogP contribution in [0.1, 0.15) is 53.4 Å². The number of esters is 2.